The van der Waals surface area contributed by atoms with Gasteiger partial charge in [-0.15, -0.1) is 0 Å². The van der Waals surface area contributed by atoms with E-state index in [0.717, 1.165) is 12.8 Å². The number of benzene rings is 1. The zero-order chi connectivity index (χ0) is 16.2. The summed E-state index contributed by atoms with van der Waals surface area (Å²) in [6.07, 6.45) is 9.07. The fourth-order valence-corrected chi connectivity index (χ4v) is 3.61. The molecule has 0 radical (unpaired) electrons. The number of carbonyl (C=O) groups is 1. The molecule has 1 atom stereocenters. The third-order valence-electron chi connectivity index (χ3n) is 4.01. The number of rotatable bonds is 11. The molecule has 0 amide bonds. The molecule has 2 nitrogen and oxygen atoms in total. The molecule has 0 saturated heterocycles. The third-order valence-corrected chi connectivity index (χ3v) is 4.99. The molecular formula is C19H29IO2. The lowest BCUT2D eigenvalue weighted by atomic mass is 9.95. The highest BCUT2D eigenvalue weighted by Gasteiger charge is 2.08. The number of esters is 1. The summed E-state index contributed by atoms with van der Waals surface area (Å²) in [5.41, 5.74) is 1.48. The van der Waals surface area contributed by atoms with Crippen LogP contribution in [-0.2, 0) is 9.53 Å². The molecule has 1 rings (SSSR count). The van der Waals surface area contributed by atoms with Crippen molar-refractivity contribution in [2.45, 2.75) is 71.1 Å². The quantitative estimate of drug-likeness (QED) is 0.248. The van der Waals surface area contributed by atoms with E-state index in [0.29, 0.717) is 18.9 Å². The van der Waals surface area contributed by atoms with Crippen LogP contribution in [0.1, 0.15) is 76.7 Å². The molecule has 0 N–H and O–H groups in total. The van der Waals surface area contributed by atoms with E-state index < -0.39 is 0 Å². The SMILES string of the molecule is CCOC(=O)CCCCCCCC[C@H](C)c1ccccc1I. The van der Waals surface area contributed by atoms with Crippen LogP contribution in [0.15, 0.2) is 24.3 Å². The fourth-order valence-electron chi connectivity index (χ4n) is 2.69. The van der Waals surface area contributed by atoms with Crippen LogP contribution in [0.2, 0.25) is 0 Å². The van der Waals surface area contributed by atoms with E-state index in [1.165, 1.54) is 41.2 Å². The van der Waals surface area contributed by atoms with Gasteiger partial charge in [0.25, 0.3) is 0 Å². The molecule has 0 saturated carbocycles. The highest BCUT2D eigenvalue weighted by atomic mass is 127. The van der Waals surface area contributed by atoms with Crippen molar-refractivity contribution in [3.05, 3.63) is 33.4 Å². The molecule has 0 aromatic heterocycles. The lowest BCUT2D eigenvalue weighted by Crippen LogP contribution is -2.03. The highest BCUT2D eigenvalue weighted by molar-refractivity contribution is 14.1. The van der Waals surface area contributed by atoms with E-state index in [1.807, 2.05) is 6.92 Å². The first-order valence-corrected chi connectivity index (χ1v) is 9.63. The van der Waals surface area contributed by atoms with Gasteiger partial charge in [0, 0.05) is 9.99 Å². The molecule has 22 heavy (non-hydrogen) atoms. The summed E-state index contributed by atoms with van der Waals surface area (Å²) in [7, 11) is 0. The van der Waals surface area contributed by atoms with Gasteiger partial charge < -0.3 is 4.74 Å². The number of carbonyl (C=O) groups excluding carboxylic acids is 1. The minimum Gasteiger partial charge on any atom is -0.466 e. The van der Waals surface area contributed by atoms with E-state index in [4.69, 9.17) is 4.74 Å². The first kappa shape index (κ1) is 19.5. The van der Waals surface area contributed by atoms with Crippen LogP contribution in [-0.4, -0.2) is 12.6 Å². The molecule has 1 aromatic carbocycles. The number of halogens is 1. The van der Waals surface area contributed by atoms with Gasteiger partial charge in [-0.1, -0.05) is 57.2 Å². The van der Waals surface area contributed by atoms with Crippen LogP contribution in [0.25, 0.3) is 0 Å². The summed E-state index contributed by atoms with van der Waals surface area (Å²) in [4.78, 5) is 11.2. The predicted octanol–water partition coefficient (Wildman–Crippen LogP) is 6.08. The highest BCUT2D eigenvalue weighted by Crippen LogP contribution is 2.26. The van der Waals surface area contributed by atoms with Crippen LogP contribution >= 0.6 is 22.6 Å². The summed E-state index contributed by atoms with van der Waals surface area (Å²) < 4.78 is 6.31. The second-order valence-electron chi connectivity index (χ2n) is 5.89. The van der Waals surface area contributed by atoms with E-state index in [-0.39, 0.29) is 5.97 Å². The molecule has 0 aliphatic carbocycles. The molecule has 0 aliphatic heterocycles. The monoisotopic (exact) mass is 416 g/mol. The van der Waals surface area contributed by atoms with Crippen molar-refractivity contribution >= 4 is 28.6 Å². The summed E-state index contributed by atoms with van der Waals surface area (Å²) in [6, 6.07) is 8.68. The van der Waals surface area contributed by atoms with Crippen LogP contribution in [0, 0.1) is 3.57 Å². The largest absolute Gasteiger partial charge is 0.466 e. The molecule has 0 spiro atoms. The van der Waals surface area contributed by atoms with Crippen LogP contribution < -0.4 is 0 Å². The van der Waals surface area contributed by atoms with Crippen molar-refractivity contribution in [2.24, 2.45) is 0 Å². The summed E-state index contributed by atoms with van der Waals surface area (Å²) in [5, 5.41) is 0. The second-order valence-corrected chi connectivity index (χ2v) is 7.05. The normalized spacial score (nSPS) is 12.1. The molecular weight excluding hydrogens is 387 g/mol. The van der Waals surface area contributed by atoms with Crippen molar-refractivity contribution in [1.82, 2.24) is 0 Å². The lowest BCUT2D eigenvalue weighted by molar-refractivity contribution is -0.143. The van der Waals surface area contributed by atoms with Crippen molar-refractivity contribution in [1.29, 1.82) is 0 Å². The van der Waals surface area contributed by atoms with Crippen molar-refractivity contribution in [2.75, 3.05) is 6.61 Å². The van der Waals surface area contributed by atoms with Gasteiger partial charge >= 0.3 is 5.97 Å². The topological polar surface area (TPSA) is 26.3 Å². The summed E-state index contributed by atoms with van der Waals surface area (Å²) in [5.74, 6) is 0.603. The molecule has 124 valence electrons. The molecule has 3 heteroatoms. The maximum atomic E-state index is 11.2. The van der Waals surface area contributed by atoms with Gasteiger partial charge in [-0.05, 0) is 59.9 Å². The van der Waals surface area contributed by atoms with E-state index in [9.17, 15) is 4.79 Å². The average Bonchev–Trinajstić information content (AvgIpc) is 2.50. The molecule has 0 bridgehead atoms. The Kier molecular flexibility index (Phi) is 10.5. The molecule has 1 aromatic rings. The Labute approximate surface area is 149 Å². The molecule has 0 fully saturated rings. The first-order valence-electron chi connectivity index (χ1n) is 8.55. The maximum Gasteiger partial charge on any atom is 0.305 e. The van der Waals surface area contributed by atoms with Gasteiger partial charge in [0.1, 0.15) is 0 Å². The van der Waals surface area contributed by atoms with Crippen molar-refractivity contribution in [3.8, 4) is 0 Å². The third kappa shape index (κ3) is 8.16. The minimum absolute atomic E-state index is 0.0474. The Morgan fingerprint density at radius 3 is 2.41 bits per heavy atom. The Balaban J connectivity index is 2.02. The zero-order valence-electron chi connectivity index (χ0n) is 13.9. The van der Waals surface area contributed by atoms with Crippen LogP contribution in [0.5, 0.6) is 0 Å². The lowest BCUT2D eigenvalue weighted by Gasteiger charge is -2.13. The second kappa shape index (κ2) is 11.9. The van der Waals surface area contributed by atoms with E-state index >= 15 is 0 Å². The smallest absolute Gasteiger partial charge is 0.305 e. The summed E-state index contributed by atoms with van der Waals surface area (Å²) >= 11 is 2.43. The van der Waals surface area contributed by atoms with Gasteiger partial charge in [-0.3, -0.25) is 4.79 Å². The molecule has 0 unspecified atom stereocenters. The molecule has 0 heterocycles. The van der Waals surface area contributed by atoms with E-state index in [1.54, 1.807) is 0 Å². The van der Waals surface area contributed by atoms with Crippen molar-refractivity contribution < 1.29 is 9.53 Å². The minimum atomic E-state index is -0.0474. The van der Waals surface area contributed by atoms with Crippen LogP contribution in [0.4, 0.5) is 0 Å². The predicted molar refractivity (Wildman–Crippen MR) is 101 cm³/mol. The standard InChI is InChI=1S/C19H29IO2/c1-3-22-19(21)15-9-7-5-4-6-8-12-16(2)17-13-10-11-14-18(17)20/h10-11,13-14,16H,3-9,12,15H2,1-2H3/t16-/m0/s1. The first-order chi connectivity index (χ1) is 10.6. The van der Waals surface area contributed by atoms with Gasteiger partial charge in [0.05, 0.1) is 6.61 Å². The van der Waals surface area contributed by atoms with Gasteiger partial charge in [-0.2, -0.15) is 0 Å². The van der Waals surface area contributed by atoms with Crippen LogP contribution in [0.3, 0.4) is 0 Å². The Hall–Kier alpha value is -0.580. The number of hydrogen-bond acceptors (Lipinski definition) is 2. The Bertz CT molecular complexity index is 431. The van der Waals surface area contributed by atoms with E-state index in [2.05, 4.69) is 53.8 Å². The van der Waals surface area contributed by atoms with Gasteiger partial charge in [-0.25, -0.2) is 0 Å². The fraction of sp³-hybridized carbons (Fsp3) is 0.632. The zero-order valence-corrected chi connectivity index (χ0v) is 16.1. The average molecular weight is 416 g/mol. The number of ether oxygens (including phenoxy) is 1. The summed E-state index contributed by atoms with van der Waals surface area (Å²) in [6.45, 7) is 4.68. The molecule has 0 aliphatic rings. The van der Waals surface area contributed by atoms with Gasteiger partial charge in [0.2, 0.25) is 0 Å². The number of unbranched alkanes of at least 4 members (excludes halogenated alkanes) is 5. The van der Waals surface area contributed by atoms with Gasteiger partial charge in [0.15, 0.2) is 0 Å². The Morgan fingerprint density at radius 1 is 1.09 bits per heavy atom. The number of hydrogen-bond donors (Lipinski definition) is 0. The maximum absolute atomic E-state index is 11.2. The Morgan fingerprint density at radius 2 is 1.73 bits per heavy atom. The van der Waals surface area contributed by atoms with Crippen molar-refractivity contribution in [3.63, 3.8) is 0 Å².